The molecule has 1 N–H and O–H groups in total. The quantitative estimate of drug-likeness (QED) is 0.848. The van der Waals surface area contributed by atoms with Gasteiger partial charge in [0.05, 0.1) is 4.47 Å². The van der Waals surface area contributed by atoms with Crippen LogP contribution in [-0.4, -0.2) is 31.7 Å². The van der Waals surface area contributed by atoms with Gasteiger partial charge in [-0.05, 0) is 40.4 Å². The van der Waals surface area contributed by atoms with E-state index in [0.29, 0.717) is 11.9 Å². The molecule has 2 rings (SSSR count). The van der Waals surface area contributed by atoms with Crippen molar-refractivity contribution in [3.8, 4) is 0 Å². The van der Waals surface area contributed by atoms with E-state index < -0.39 is 10.8 Å². The van der Waals surface area contributed by atoms with Crippen LogP contribution in [0.5, 0.6) is 0 Å². The maximum Gasteiger partial charge on any atom is 0.224 e. The third kappa shape index (κ3) is 3.15. The fraction of sp³-hybridized carbons (Fsp3) is 0.556. The number of rotatable bonds is 2. The molecule has 1 aromatic heterocycles. The summed E-state index contributed by atoms with van der Waals surface area (Å²) >= 11 is 9.09. The molecule has 1 aliphatic heterocycles. The van der Waals surface area contributed by atoms with E-state index in [-0.39, 0.29) is 5.28 Å². The lowest BCUT2D eigenvalue weighted by Gasteiger charge is -2.23. The molecule has 7 heteroatoms. The summed E-state index contributed by atoms with van der Waals surface area (Å²) in [4.78, 5) is 7.97. The average molecular weight is 325 g/mol. The second kappa shape index (κ2) is 5.42. The summed E-state index contributed by atoms with van der Waals surface area (Å²) in [5.74, 6) is 2.22. The van der Waals surface area contributed by atoms with Gasteiger partial charge in [-0.2, -0.15) is 4.98 Å². The van der Waals surface area contributed by atoms with Crippen molar-refractivity contribution in [1.82, 2.24) is 9.97 Å². The van der Waals surface area contributed by atoms with Gasteiger partial charge in [-0.25, -0.2) is 4.98 Å². The second-order valence-corrected chi connectivity index (χ2v) is 6.49. The van der Waals surface area contributed by atoms with E-state index in [0.717, 1.165) is 28.8 Å². The van der Waals surface area contributed by atoms with Crippen LogP contribution in [0.2, 0.25) is 5.28 Å². The van der Waals surface area contributed by atoms with E-state index >= 15 is 0 Å². The number of nitrogens with one attached hydrogen (secondary N) is 1. The van der Waals surface area contributed by atoms with Crippen LogP contribution in [0.3, 0.4) is 0 Å². The Balaban J connectivity index is 2.03. The van der Waals surface area contributed by atoms with Crippen molar-refractivity contribution in [3.05, 3.63) is 16.0 Å². The summed E-state index contributed by atoms with van der Waals surface area (Å²) in [6.45, 7) is 0. The highest BCUT2D eigenvalue weighted by atomic mass is 79.9. The van der Waals surface area contributed by atoms with Crippen molar-refractivity contribution in [1.29, 1.82) is 0 Å². The molecule has 0 aromatic carbocycles. The summed E-state index contributed by atoms with van der Waals surface area (Å²) in [5.41, 5.74) is 0. The Labute approximate surface area is 110 Å². The lowest BCUT2D eigenvalue weighted by Crippen LogP contribution is -2.29. The summed E-state index contributed by atoms with van der Waals surface area (Å²) in [6, 6.07) is 0.319. The zero-order valence-electron chi connectivity index (χ0n) is 8.45. The van der Waals surface area contributed by atoms with Gasteiger partial charge in [-0.1, -0.05) is 0 Å². The van der Waals surface area contributed by atoms with Crippen molar-refractivity contribution >= 4 is 44.1 Å². The summed E-state index contributed by atoms with van der Waals surface area (Å²) < 4.78 is 12.0. The van der Waals surface area contributed by atoms with E-state index in [4.69, 9.17) is 11.6 Å². The predicted octanol–water partition coefficient (Wildman–Crippen LogP) is 2.22. The highest BCUT2D eigenvalue weighted by Gasteiger charge is 2.18. The molecule has 1 aliphatic rings. The molecule has 0 amide bonds. The molecular weight excluding hydrogens is 314 g/mol. The maximum absolute atomic E-state index is 11.2. The SMILES string of the molecule is O=S1CCC(Nc2nc(Cl)ncc2Br)CC1. The van der Waals surface area contributed by atoms with Crippen molar-refractivity contribution in [2.24, 2.45) is 0 Å². The lowest BCUT2D eigenvalue weighted by molar-refractivity contribution is 0.622. The van der Waals surface area contributed by atoms with Gasteiger partial charge in [-0.3, -0.25) is 4.21 Å². The number of halogens is 2. The minimum Gasteiger partial charge on any atom is -0.366 e. The first-order valence-corrected chi connectivity index (χ1v) is 7.60. The Hall–Kier alpha value is -0.200. The molecule has 0 spiro atoms. The first-order chi connectivity index (χ1) is 7.65. The molecule has 2 heterocycles. The van der Waals surface area contributed by atoms with Gasteiger partial charge in [0.25, 0.3) is 0 Å². The van der Waals surface area contributed by atoms with Crippen LogP contribution in [0.1, 0.15) is 12.8 Å². The second-order valence-electron chi connectivity index (χ2n) is 3.60. The van der Waals surface area contributed by atoms with Gasteiger partial charge in [0.1, 0.15) is 5.82 Å². The van der Waals surface area contributed by atoms with E-state index in [2.05, 4.69) is 31.2 Å². The molecule has 0 bridgehead atoms. The highest BCUT2D eigenvalue weighted by Crippen LogP contribution is 2.23. The number of hydrogen-bond acceptors (Lipinski definition) is 4. The highest BCUT2D eigenvalue weighted by molar-refractivity contribution is 9.10. The van der Waals surface area contributed by atoms with Crippen molar-refractivity contribution in [2.45, 2.75) is 18.9 Å². The topological polar surface area (TPSA) is 54.9 Å². The fourth-order valence-electron chi connectivity index (χ4n) is 1.58. The van der Waals surface area contributed by atoms with E-state index in [9.17, 15) is 4.21 Å². The molecule has 0 radical (unpaired) electrons. The molecule has 88 valence electrons. The van der Waals surface area contributed by atoms with Crippen molar-refractivity contribution in [2.75, 3.05) is 16.8 Å². The van der Waals surface area contributed by atoms with Gasteiger partial charge < -0.3 is 5.32 Å². The van der Waals surface area contributed by atoms with Crippen molar-refractivity contribution < 1.29 is 4.21 Å². The number of anilines is 1. The summed E-state index contributed by atoms with van der Waals surface area (Å²) in [6.07, 6.45) is 3.43. The van der Waals surface area contributed by atoms with E-state index in [1.807, 2.05) is 0 Å². The predicted molar refractivity (Wildman–Crippen MR) is 69.3 cm³/mol. The minimum absolute atomic E-state index is 0.227. The first-order valence-electron chi connectivity index (χ1n) is 4.94. The van der Waals surface area contributed by atoms with Gasteiger partial charge in [-0.15, -0.1) is 0 Å². The normalized spacial score (nSPS) is 25.4. The van der Waals surface area contributed by atoms with Crippen LogP contribution in [0.4, 0.5) is 5.82 Å². The number of hydrogen-bond donors (Lipinski definition) is 1. The standard InChI is InChI=1S/C9H11BrClN3OS/c10-7-5-12-9(11)14-8(7)13-6-1-3-16(15)4-2-6/h5-6H,1-4H2,(H,12,13,14). The van der Waals surface area contributed by atoms with Crippen LogP contribution in [0.25, 0.3) is 0 Å². The zero-order valence-corrected chi connectivity index (χ0v) is 11.6. The van der Waals surface area contributed by atoms with Gasteiger partial charge in [0.2, 0.25) is 5.28 Å². The first kappa shape index (κ1) is 12.3. The Bertz CT molecular complexity index is 408. The monoisotopic (exact) mass is 323 g/mol. The third-order valence-electron chi connectivity index (χ3n) is 2.44. The van der Waals surface area contributed by atoms with Crippen LogP contribution in [0, 0.1) is 0 Å². The van der Waals surface area contributed by atoms with Crippen LogP contribution in [-0.2, 0) is 10.8 Å². The van der Waals surface area contributed by atoms with E-state index in [1.54, 1.807) is 6.20 Å². The van der Waals surface area contributed by atoms with Gasteiger partial charge in [0, 0.05) is 34.5 Å². The molecule has 0 unspecified atom stereocenters. The Morgan fingerprint density at radius 1 is 1.50 bits per heavy atom. The molecule has 4 nitrogen and oxygen atoms in total. The number of nitrogens with zero attached hydrogens (tertiary/aromatic N) is 2. The third-order valence-corrected chi connectivity index (χ3v) is 4.59. The number of aromatic nitrogens is 2. The van der Waals surface area contributed by atoms with Crippen LogP contribution in [0.15, 0.2) is 10.7 Å². The van der Waals surface area contributed by atoms with Crippen LogP contribution >= 0.6 is 27.5 Å². The minimum atomic E-state index is -0.639. The van der Waals surface area contributed by atoms with Crippen LogP contribution < -0.4 is 5.32 Å². The molecule has 0 saturated carbocycles. The van der Waals surface area contributed by atoms with Gasteiger partial charge >= 0.3 is 0 Å². The Morgan fingerprint density at radius 3 is 2.88 bits per heavy atom. The van der Waals surface area contributed by atoms with E-state index in [1.165, 1.54) is 0 Å². The fourth-order valence-corrected chi connectivity index (χ4v) is 3.32. The molecular formula is C9H11BrClN3OS. The largest absolute Gasteiger partial charge is 0.366 e. The maximum atomic E-state index is 11.2. The lowest BCUT2D eigenvalue weighted by atomic mass is 10.1. The molecule has 0 aliphatic carbocycles. The van der Waals surface area contributed by atoms with Gasteiger partial charge in [0.15, 0.2) is 0 Å². The average Bonchev–Trinajstić information content (AvgIpc) is 2.27. The summed E-state index contributed by atoms with van der Waals surface area (Å²) in [7, 11) is -0.639. The Kier molecular flexibility index (Phi) is 4.16. The molecule has 0 atom stereocenters. The molecule has 16 heavy (non-hydrogen) atoms. The zero-order chi connectivity index (χ0) is 11.5. The Morgan fingerprint density at radius 2 is 2.19 bits per heavy atom. The molecule has 1 fully saturated rings. The molecule has 1 aromatic rings. The summed E-state index contributed by atoms with van der Waals surface area (Å²) in [5, 5.41) is 3.52. The van der Waals surface area contributed by atoms with Crippen molar-refractivity contribution in [3.63, 3.8) is 0 Å². The smallest absolute Gasteiger partial charge is 0.224 e. The molecule has 1 saturated heterocycles.